The van der Waals surface area contributed by atoms with Gasteiger partial charge in [-0.2, -0.15) is 0 Å². The van der Waals surface area contributed by atoms with Crippen molar-refractivity contribution in [2.24, 2.45) is 0 Å². The molecule has 3 rings (SSSR count). The smallest absolute Gasteiger partial charge is 0.144 e. The lowest BCUT2D eigenvalue weighted by molar-refractivity contribution is 0.177. The molecule has 2 aromatic carbocycles. The van der Waals surface area contributed by atoms with Crippen LogP contribution in [0.15, 0.2) is 53.0 Å². The normalized spacial score (nSPS) is 21.7. The molecule has 0 radical (unpaired) electrons. The summed E-state index contributed by atoms with van der Waals surface area (Å²) in [6, 6.07) is 16.6. The SMILES string of the molecule is CC1Nc2ccccc2OC1c1cccc(Br)c1. The standard InChI is InChI=1S/C15H14BrNO/c1-10-15(11-5-4-6-12(16)9-11)18-14-8-3-2-7-13(14)17-10/h2-10,15,17H,1H3. The minimum absolute atomic E-state index is 0.0393. The minimum Gasteiger partial charge on any atom is -0.481 e. The molecule has 1 N–H and O–H groups in total. The van der Waals surface area contributed by atoms with E-state index in [1.807, 2.05) is 36.4 Å². The third-order valence-corrected chi connectivity index (χ3v) is 3.65. The van der Waals surface area contributed by atoms with Crippen LogP contribution in [0.1, 0.15) is 18.6 Å². The Kier molecular flexibility index (Phi) is 3.00. The number of nitrogens with one attached hydrogen (secondary N) is 1. The van der Waals surface area contributed by atoms with Crippen LogP contribution in [0.2, 0.25) is 0 Å². The van der Waals surface area contributed by atoms with Crippen LogP contribution in [-0.4, -0.2) is 6.04 Å². The highest BCUT2D eigenvalue weighted by atomic mass is 79.9. The van der Waals surface area contributed by atoms with Gasteiger partial charge in [-0.05, 0) is 36.8 Å². The molecule has 18 heavy (non-hydrogen) atoms. The predicted octanol–water partition coefficient (Wildman–Crippen LogP) is 4.38. The summed E-state index contributed by atoms with van der Waals surface area (Å²) in [5.74, 6) is 0.917. The Hall–Kier alpha value is -1.48. The molecule has 1 heterocycles. The molecule has 0 bridgehead atoms. The molecule has 0 spiro atoms. The van der Waals surface area contributed by atoms with E-state index in [-0.39, 0.29) is 12.1 Å². The van der Waals surface area contributed by atoms with Gasteiger partial charge >= 0.3 is 0 Å². The number of hydrogen-bond donors (Lipinski definition) is 1. The van der Waals surface area contributed by atoms with E-state index in [1.165, 1.54) is 5.56 Å². The molecule has 0 fully saturated rings. The molecule has 0 amide bonds. The zero-order valence-corrected chi connectivity index (χ0v) is 11.6. The Labute approximate surface area is 115 Å². The maximum Gasteiger partial charge on any atom is 0.144 e. The lowest BCUT2D eigenvalue weighted by atomic mass is 10.0. The minimum atomic E-state index is 0.0393. The molecule has 2 aromatic rings. The van der Waals surface area contributed by atoms with Crippen molar-refractivity contribution in [2.45, 2.75) is 19.1 Å². The molecule has 92 valence electrons. The summed E-state index contributed by atoms with van der Waals surface area (Å²) in [7, 11) is 0. The predicted molar refractivity (Wildman–Crippen MR) is 77.0 cm³/mol. The number of rotatable bonds is 1. The van der Waals surface area contributed by atoms with Crippen LogP contribution in [0.5, 0.6) is 5.75 Å². The van der Waals surface area contributed by atoms with Crippen molar-refractivity contribution in [3.8, 4) is 5.75 Å². The summed E-state index contributed by atoms with van der Waals surface area (Å²) in [5.41, 5.74) is 2.25. The molecule has 0 saturated heterocycles. The monoisotopic (exact) mass is 303 g/mol. The van der Waals surface area contributed by atoms with Gasteiger partial charge in [-0.3, -0.25) is 0 Å². The van der Waals surface area contributed by atoms with Crippen molar-refractivity contribution in [2.75, 3.05) is 5.32 Å². The lowest BCUT2D eigenvalue weighted by Crippen LogP contribution is -2.32. The fourth-order valence-electron chi connectivity index (χ4n) is 2.29. The fraction of sp³-hybridized carbons (Fsp3) is 0.200. The van der Waals surface area contributed by atoms with Crippen molar-refractivity contribution in [3.05, 3.63) is 58.6 Å². The van der Waals surface area contributed by atoms with Gasteiger partial charge in [-0.25, -0.2) is 0 Å². The topological polar surface area (TPSA) is 21.3 Å². The number of benzene rings is 2. The van der Waals surface area contributed by atoms with Crippen molar-refractivity contribution in [3.63, 3.8) is 0 Å². The molecule has 2 nitrogen and oxygen atoms in total. The van der Waals surface area contributed by atoms with Crippen LogP contribution < -0.4 is 10.1 Å². The average Bonchev–Trinajstić information content (AvgIpc) is 2.38. The van der Waals surface area contributed by atoms with E-state index < -0.39 is 0 Å². The molecule has 0 saturated carbocycles. The van der Waals surface area contributed by atoms with E-state index in [9.17, 15) is 0 Å². The first-order valence-corrected chi connectivity index (χ1v) is 6.81. The molecular formula is C15H14BrNO. The number of para-hydroxylation sites is 2. The van der Waals surface area contributed by atoms with Gasteiger partial charge in [0, 0.05) is 4.47 Å². The second kappa shape index (κ2) is 4.65. The van der Waals surface area contributed by atoms with Gasteiger partial charge < -0.3 is 10.1 Å². The van der Waals surface area contributed by atoms with Crippen molar-refractivity contribution in [1.82, 2.24) is 0 Å². The van der Waals surface area contributed by atoms with Gasteiger partial charge in [0.05, 0.1) is 11.7 Å². The Morgan fingerprint density at radius 2 is 1.94 bits per heavy atom. The van der Waals surface area contributed by atoms with Gasteiger partial charge in [0.15, 0.2) is 0 Å². The Morgan fingerprint density at radius 3 is 2.78 bits per heavy atom. The maximum atomic E-state index is 6.10. The van der Waals surface area contributed by atoms with Gasteiger partial charge in [0.2, 0.25) is 0 Å². The van der Waals surface area contributed by atoms with E-state index in [2.05, 4.69) is 40.3 Å². The van der Waals surface area contributed by atoms with Crippen LogP contribution in [0, 0.1) is 0 Å². The summed E-state index contributed by atoms with van der Waals surface area (Å²) in [6.07, 6.45) is 0.0393. The Balaban J connectivity index is 1.96. The average molecular weight is 304 g/mol. The zero-order chi connectivity index (χ0) is 12.5. The van der Waals surface area contributed by atoms with Crippen LogP contribution >= 0.6 is 15.9 Å². The van der Waals surface area contributed by atoms with E-state index in [1.54, 1.807) is 0 Å². The second-order valence-corrected chi connectivity index (χ2v) is 5.44. The van der Waals surface area contributed by atoms with E-state index >= 15 is 0 Å². The third kappa shape index (κ3) is 2.10. The second-order valence-electron chi connectivity index (χ2n) is 4.52. The highest BCUT2D eigenvalue weighted by molar-refractivity contribution is 9.10. The third-order valence-electron chi connectivity index (χ3n) is 3.16. The first kappa shape index (κ1) is 11.6. The summed E-state index contributed by atoms with van der Waals surface area (Å²) in [6.45, 7) is 2.14. The Bertz CT molecular complexity index is 570. The maximum absolute atomic E-state index is 6.10. The molecule has 3 heteroatoms. The molecule has 2 unspecified atom stereocenters. The number of anilines is 1. The number of hydrogen-bond acceptors (Lipinski definition) is 2. The molecule has 1 aliphatic heterocycles. The van der Waals surface area contributed by atoms with Crippen molar-refractivity contribution < 1.29 is 4.74 Å². The number of fused-ring (bicyclic) bond motifs is 1. The fourth-order valence-corrected chi connectivity index (χ4v) is 2.71. The lowest BCUT2D eigenvalue weighted by Gasteiger charge is -2.33. The number of ether oxygens (including phenoxy) is 1. The highest BCUT2D eigenvalue weighted by Gasteiger charge is 2.27. The van der Waals surface area contributed by atoms with Crippen LogP contribution in [-0.2, 0) is 0 Å². The summed E-state index contributed by atoms with van der Waals surface area (Å²) < 4.78 is 7.18. The highest BCUT2D eigenvalue weighted by Crippen LogP contribution is 2.37. The molecule has 0 aliphatic carbocycles. The van der Waals surface area contributed by atoms with E-state index in [4.69, 9.17) is 4.74 Å². The van der Waals surface area contributed by atoms with Crippen LogP contribution in [0.4, 0.5) is 5.69 Å². The van der Waals surface area contributed by atoms with Gasteiger partial charge in [-0.1, -0.05) is 40.2 Å². The number of halogens is 1. The van der Waals surface area contributed by atoms with Crippen molar-refractivity contribution in [1.29, 1.82) is 0 Å². The van der Waals surface area contributed by atoms with E-state index in [0.29, 0.717) is 0 Å². The van der Waals surface area contributed by atoms with Crippen LogP contribution in [0.3, 0.4) is 0 Å². The van der Waals surface area contributed by atoms with E-state index in [0.717, 1.165) is 15.9 Å². The zero-order valence-electron chi connectivity index (χ0n) is 10.1. The first-order valence-electron chi connectivity index (χ1n) is 6.02. The van der Waals surface area contributed by atoms with Gasteiger partial charge in [0.1, 0.15) is 11.9 Å². The quantitative estimate of drug-likeness (QED) is 0.844. The molecule has 2 atom stereocenters. The molecule has 0 aromatic heterocycles. The largest absolute Gasteiger partial charge is 0.481 e. The summed E-state index contributed by atoms with van der Waals surface area (Å²) in [5, 5.41) is 3.49. The van der Waals surface area contributed by atoms with Crippen LogP contribution in [0.25, 0.3) is 0 Å². The molecular weight excluding hydrogens is 290 g/mol. The summed E-state index contributed by atoms with van der Waals surface area (Å²) >= 11 is 3.50. The van der Waals surface area contributed by atoms with Crippen molar-refractivity contribution >= 4 is 21.6 Å². The summed E-state index contributed by atoms with van der Waals surface area (Å²) in [4.78, 5) is 0. The molecule has 1 aliphatic rings. The van der Waals surface area contributed by atoms with Gasteiger partial charge in [0.25, 0.3) is 0 Å². The van der Waals surface area contributed by atoms with Gasteiger partial charge in [-0.15, -0.1) is 0 Å². The Morgan fingerprint density at radius 1 is 1.11 bits per heavy atom. The first-order chi connectivity index (χ1) is 8.74.